The van der Waals surface area contributed by atoms with Crippen molar-refractivity contribution >= 4 is 6.21 Å². The minimum Gasteiger partial charge on any atom is -0.313 e. The summed E-state index contributed by atoms with van der Waals surface area (Å²) in [6, 6.07) is 0. The van der Waals surface area contributed by atoms with Gasteiger partial charge in [0.2, 0.25) is 0 Å². The first-order chi connectivity index (χ1) is 3.91. The summed E-state index contributed by atoms with van der Waals surface area (Å²) in [4.78, 5) is 0. The number of unbranched alkanes of at least 4 members (excludes halogenated alkanes) is 3. The summed E-state index contributed by atoms with van der Waals surface area (Å²) >= 11 is 0. The standard InChI is InChI=1S/C7H13N/c1-2-3-4-5-6-7-8/h2,7-8H,1,3-6H2. The van der Waals surface area contributed by atoms with E-state index in [1.165, 1.54) is 12.6 Å². The Morgan fingerprint density at radius 2 is 1.88 bits per heavy atom. The van der Waals surface area contributed by atoms with E-state index in [1.54, 1.807) is 0 Å². The van der Waals surface area contributed by atoms with Gasteiger partial charge < -0.3 is 5.41 Å². The number of nitrogens with one attached hydrogen (secondary N) is 1. The molecule has 0 aliphatic heterocycles. The molecule has 46 valence electrons. The fraction of sp³-hybridized carbons (Fsp3) is 0.571. The Labute approximate surface area is 50.9 Å². The maximum Gasteiger partial charge on any atom is -0.00477 e. The molecule has 0 radical (unpaired) electrons. The molecule has 0 saturated heterocycles. The maximum absolute atomic E-state index is 6.69. The lowest BCUT2D eigenvalue weighted by Crippen LogP contribution is -1.74. The first-order valence-corrected chi connectivity index (χ1v) is 3.01. The quantitative estimate of drug-likeness (QED) is 0.320. The SMILES string of the molecule is C=CCCCCC=N. The van der Waals surface area contributed by atoms with Crippen molar-refractivity contribution in [3.8, 4) is 0 Å². The number of hydrogen-bond donors (Lipinski definition) is 1. The summed E-state index contributed by atoms with van der Waals surface area (Å²) in [7, 11) is 0. The normalized spacial score (nSPS) is 8.50. The summed E-state index contributed by atoms with van der Waals surface area (Å²) in [5.74, 6) is 0. The fourth-order valence-electron chi connectivity index (χ4n) is 0.535. The third-order valence-corrected chi connectivity index (χ3v) is 1.01. The van der Waals surface area contributed by atoms with E-state index in [2.05, 4.69) is 6.58 Å². The molecular formula is C7H13N. The van der Waals surface area contributed by atoms with E-state index in [-0.39, 0.29) is 0 Å². The van der Waals surface area contributed by atoms with Gasteiger partial charge in [0.25, 0.3) is 0 Å². The average Bonchev–Trinajstić information content (AvgIpc) is 1.81. The zero-order valence-electron chi connectivity index (χ0n) is 5.19. The largest absolute Gasteiger partial charge is 0.313 e. The highest BCUT2D eigenvalue weighted by atomic mass is 14.3. The van der Waals surface area contributed by atoms with Crippen LogP contribution in [-0.2, 0) is 0 Å². The average molecular weight is 111 g/mol. The second-order valence-corrected chi connectivity index (χ2v) is 1.78. The van der Waals surface area contributed by atoms with Gasteiger partial charge >= 0.3 is 0 Å². The molecule has 8 heavy (non-hydrogen) atoms. The van der Waals surface area contributed by atoms with Crippen LogP contribution < -0.4 is 0 Å². The van der Waals surface area contributed by atoms with Crippen LogP contribution in [-0.4, -0.2) is 6.21 Å². The van der Waals surface area contributed by atoms with Crippen molar-refractivity contribution in [2.24, 2.45) is 0 Å². The lowest BCUT2D eigenvalue weighted by Gasteiger charge is -1.88. The summed E-state index contributed by atoms with van der Waals surface area (Å²) in [6.45, 7) is 3.60. The van der Waals surface area contributed by atoms with Crippen molar-refractivity contribution in [1.82, 2.24) is 0 Å². The van der Waals surface area contributed by atoms with Gasteiger partial charge in [-0.15, -0.1) is 6.58 Å². The molecule has 1 nitrogen and oxygen atoms in total. The topological polar surface area (TPSA) is 23.9 Å². The molecule has 0 spiro atoms. The molecule has 0 aromatic rings. The lowest BCUT2D eigenvalue weighted by molar-refractivity contribution is 0.783. The van der Waals surface area contributed by atoms with Crippen molar-refractivity contribution in [1.29, 1.82) is 5.41 Å². The monoisotopic (exact) mass is 111 g/mol. The lowest BCUT2D eigenvalue weighted by atomic mass is 10.2. The highest BCUT2D eigenvalue weighted by molar-refractivity contribution is 5.52. The molecule has 0 aliphatic carbocycles. The van der Waals surface area contributed by atoms with Crippen LogP contribution in [0.1, 0.15) is 25.7 Å². The zero-order valence-corrected chi connectivity index (χ0v) is 5.19. The van der Waals surface area contributed by atoms with E-state index >= 15 is 0 Å². The van der Waals surface area contributed by atoms with Crippen LogP contribution in [0.2, 0.25) is 0 Å². The molecule has 0 rings (SSSR count). The van der Waals surface area contributed by atoms with Gasteiger partial charge in [0.1, 0.15) is 0 Å². The molecule has 0 aromatic heterocycles. The van der Waals surface area contributed by atoms with Crippen molar-refractivity contribution in [3.63, 3.8) is 0 Å². The predicted molar refractivity (Wildman–Crippen MR) is 37.4 cm³/mol. The Kier molecular flexibility index (Phi) is 5.94. The maximum atomic E-state index is 6.69. The molecule has 0 heterocycles. The summed E-state index contributed by atoms with van der Waals surface area (Å²) in [5, 5.41) is 6.69. The van der Waals surface area contributed by atoms with E-state index < -0.39 is 0 Å². The van der Waals surface area contributed by atoms with Gasteiger partial charge in [-0.2, -0.15) is 0 Å². The van der Waals surface area contributed by atoms with Crippen LogP contribution in [0.4, 0.5) is 0 Å². The van der Waals surface area contributed by atoms with Gasteiger partial charge in [0, 0.05) is 0 Å². The smallest absolute Gasteiger partial charge is 0.00477 e. The molecule has 0 bridgehead atoms. The van der Waals surface area contributed by atoms with Gasteiger partial charge in [0.05, 0.1) is 0 Å². The molecule has 0 unspecified atom stereocenters. The molecule has 1 heteroatoms. The van der Waals surface area contributed by atoms with Gasteiger partial charge in [-0.25, -0.2) is 0 Å². The van der Waals surface area contributed by atoms with Gasteiger partial charge in [-0.3, -0.25) is 0 Å². The Morgan fingerprint density at radius 3 is 2.38 bits per heavy atom. The van der Waals surface area contributed by atoms with Crippen LogP contribution in [0.15, 0.2) is 12.7 Å². The molecular weight excluding hydrogens is 98.1 g/mol. The molecule has 0 fully saturated rings. The number of rotatable bonds is 5. The van der Waals surface area contributed by atoms with E-state index in [0.29, 0.717) is 0 Å². The van der Waals surface area contributed by atoms with Crippen molar-refractivity contribution < 1.29 is 0 Å². The Morgan fingerprint density at radius 1 is 1.25 bits per heavy atom. The van der Waals surface area contributed by atoms with Crippen molar-refractivity contribution in [2.75, 3.05) is 0 Å². The molecule has 0 aromatic carbocycles. The third kappa shape index (κ3) is 5.41. The highest BCUT2D eigenvalue weighted by Gasteiger charge is 1.80. The second kappa shape index (κ2) is 6.41. The minimum absolute atomic E-state index is 0.924. The highest BCUT2D eigenvalue weighted by Crippen LogP contribution is 1.96. The molecule has 0 aliphatic rings. The van der Waals surface area contributed by atoms with E-state index in [4.69, 9.17) is 5.41 Å². The number of hydrogen-bond acceptors (Lipinski definition) is 1. The van der Waals surface area contributed by atoms with Gasteiger partial charge in [-0.1, -0.05) is 6.08 Å². The molecule has 0 atom stereocenters. The third-order valence-electron chi connectivity index (χ3n) is 1.01. The summed E-state index contributed by atoms with van der Waals surface area (Å²) in [5.41, 5.74) is 0. The van der Waals surface area contributed by atoms with E-state index in [9.17, 15) is 0 Å². The summed E-state index contributed by atoms with van der Waals surface area (Å²) < 4.78 is 0. The van der Waals surface area contributed by atoms with Crippen LogP contribution in [0.3, 0.4) is 0 Å². The molecule has 1 N–H and O–H groups in total. The van der Waals surface area contributed by atoms with Crippen LogP contribution in [0.25, 0.3) is 0 Å². The molecule has 0 saturated carbocycles. The predicted octanol–water partition coefficient (Wildman–Crippen LogP) is 2.38. The van der Waals surface area contributed by atoms with Crippen LogP contribution >= 0.6 is 0 Å². The van der Waals surface area contributed by atoms with Crippen LogP contribution in [0.5, 0.6) is 0 Å². The van der Waals surface area contributed by atoms with Crippen molar-refractivity contribution in [3.05, 3.63) is 12.7 Å². The zero-order chi connectivity index (χ0) is 6.24. The van der Waals surface area contributed by atoms with Crippen LogP contribution in [0, 0.1) is 5.41 Å². The minimum atomic E-state index is 0.924. The first-order valence-electron chi connectivity index (χ1n) is 3.01. The van der Waals surface area contributed by atoms with Crippen molar-refractivity contribution in [2.45, 2.75) is 25.7 Å². The summed E-state index contributed by atoms with van der Waals surface area (Å²) in [6.07, 6.45) is 7.71. The molecule has 0 amide bonds. The van der Waals surface area contributed by atoms with Gasteiger partial charge in [-0.05, 0) is 31.9 Å². The Bertz CT molecular complexity index is 56.8. The second-order valence-electron chi connectivity index (χ2n) is 1.78. The fourth-order valence-corrected chi connectivity index (χ4v) is 0.535. The first kappa shape index (κ1) is 7.41. The Balaban J connectivity index is 2.71. The number of allylic oxidation sites excluding steroid dienone is 1. The van der Waals surface area contributed by atoms with E-state index in [1.807, 2.05) is 6.08 Å². The van der Waals surface area contributed by atoms with Gasteiger partial charge in [0.15, 0.2) is 0 Å². The Hall–Kier alpha value is -0.590. The van der Waals surface area contributed by atoms with E-state index in [0.717, 1.165) is 19.3 Å².